The van der Waals surface area contributed by atoms with Gasteiger partial charge in [-0.05, 0) is 19.9 Å². The molecule has 0 bridgehead atoms. The van der Waals surface area contributed by atoms with Crippen molar-refractivity contribution < 1.29 is 4.79 Å². The Kier molecular flexibility index (Phi) is 5.11. The highest BCUT2D eigenvalue weighted by Crippen LogP contribution is 2.23. The average molecular weight is 360 g/mol. The molecule has 0 aliphatic carbocycles. The minimum absolute atomic E-state index is 0.139. The summed E-state index contributed by atoms with van der Waals surface area (Å²) < 4.78 is 0. The summed E-state index contributed by atoms with van der Waals surface area (Å²) in [5, 5.41) is 9.40. The fourth-order valence-electron chi connectivity index (χ4n) is 1.99. The molecule has 24 heavy (non-hydrogen) atoms. The minimum atomic E-state index is -0.139. The number of aromatic nitrogens is 4. The van der Waals surface area contributed by atoms with Crippen LogP contribution < -0.4 is 10.6 Å². The maximum Gasteiger partial charge on any atom is 0.263 e. The van der Waals surface area contributed by atoms with Crippen LogP contribution in [0.3, 0.4) is 0 Å². The molecule has 0 spiro atoms. The third-order valence-corrected chi connectivity index (χ3v) is 5.07. The zero-order chi connectivity index (χ0) is 16.9. The third kappa shape index (κ3) is 3.74. The normalized spacial score (nSPS) is 10.6. The molecular weight excluding hydrogens is 344 g/mol. The Morgan fingerprint density at radius 3 is 2.79 bits per heavy atom. The number of hydrogen-bond acceptors (Lipinski definition) is 8. The summed E-state index contributed by atoms with van der Waals surface area (Å²) in [7, 11) is 0. The molecule has 3 rings (SSSR count). The maximum absolute atomic E-state index is 12.3. The predicted octanol–water partition coefficient (Wildman–Crippen LogP) is 2.73. The monoisotopic (exact) mass is 360 g/mol. The first-order chi connectivity index (χ1) is 11.7. The lowest BCUT2D eigenvalue weighted by atomic mass is 10.3. The SMILES string of the molecule is CCNc1nc(C)c(C(=O)NCc2csc(-c3ncccn3)n2)s1. The molecule has 0 saturated carbocycles. The first-order valence-electron chi connectivity index (χ1n) is 7.38. The Hall–Kier alpha value is -2.39. The summed E-state index contributed by atoms with van der Waals surface area (Å²) >= 11 is 2.81. The first kappa shape index (κ1) is 16.5. The van der Waals surface area contributed by atoms with Crippen LogP contribution >= 0.6 is 22.7 Å². The van der Waals surface area contributed by atoms with Crippen LogP contribution in [-0.4, -0.2) is 32.4 Å². The summed E-state index contributed by atoms with van der Waals surface area (Å²) in [5.41, 5.74) is 1.51. The molecule has 0 saturated heterocycles. The van der Waals surface area contributed by atoms with E-state index in [1.165, 1.54) is 22.7 Å². The smallest absolute Gasteiger partial charge is 0.263 e. The zero-order valence-electron chi connectivity index (χ0n) is 13.2. The summed E-state index contributed by atoms with van der Waals surface area (Å²) in [6.45, 7) is 4.96. The second kappa shape index (κ2) is 7.45. The van der Waals surface area contributed by atoms with E-state index < -0.39 is 0 Å². The Balaban J connectivity index is 1.64. The molecule has 0 aliphatic rings. The number of hydrogen-bond donors (Lipinski definition) is 2. The second-order valence-corrected chi connectivity index (χ2v) is 6.72. The van der Waals surface area contributed by atoms with E-state index >= 15 is 0 Å². The highest BCUT2D eigenvalue weighted by atomic mass is 32.1. The number of amides is 1. The molecule has 2 N–H and O–H groups in total. The van der Waals surface area contributed by atoms with Gasteiger partial charge in [0.15, 0.2) is 16.0 Å². The summed E-state index contributed by atoms with van der Waals surface area (Å²) in [6, 6.07) is 1.76. The molecule has 9 heteroatoms. The van der Waals surface area contributed by atoms with Crippen LogP contribution in [0, 0.1) is 6.92 Å². The molecule has 3 aromatic rings. The quantitative estimate of drug-likeness (QED) is 0.702. The van der Waals surface area contributed by atoms with Crippen LogP contribution in [-0.2, 0) is 6.54 Å². The highest BCUT2D eigenvalue weighted by Gasteiger charge is 2.15. The van der Waals surface area contributed by atoms with Crippen molar-refractivity contribution in [1.82, 2.24) is 25.3 Å². The van der Waals surface area contributed by atoms with Gasteiger partial charge in [0.2, 0.25) is 0 Å². The zero-order valence-corrected chi connectivity index (χ0v) is 14.9. The lowest BCUT2D eigenvalue weighted by Gasteiger charge is -2.01. The molecule has 0 aliphatic heterocycles. The Morgan fingerprint density at radius 2 is 2.04 bits per heavy atom. The van der Waals surface area contributed by atoms with Crippen molar-refractivity contribution in [2.75, 3.05) is 11.9 Å². The van der Waals surface area contributed by atoms with Crippen LogP contribution in [0.2, 0.25) is 0 Å². The average Bonchev–Trinajstić information content (AvgIpc) is 3.21. The standard InChI is InChI=1S/C15H16N6OS2/c1-3-16-15-20-9(2)11(24-15)13(22)19-7-10-8-23-14(21-10)12-17-5-4-6-18-12/h4-6,8H,3,7H2,1-2H3,(H,16,20)(H,19,22). The van der Waals surface area contributed by atoms with Gasteiger partial charge in [-0.2, -0.15) is 0 Å². The van der Waals surface area contributed by atoms with Crippen molar-refractivity contribution in [2.24, 2.45) is 0 Å². The number of carbonyl (C=O) groups excluding carboxylic acids is 1. The molecule has 3 aromatic heterocycles. The lowest BCUT2D eigenvalue weighted by Crippen LogP contribution is -2.22. The number of nitrogens with one attached hydrogen (secondary N) is 2. The van der Waals surface area contributed by atoms with Gasteiger partial charge in [0.05, 0.1) is 17.9 Å². The molecule has 0 atom stereocenters. The second-order valence-electron chi connectivity index (χ2n) is 4.86. The van der Waals surface area contributed by atoms with Gasteiger partial charge >= 0.3 is 0 Å². The largest absolute Gasteiger partial charge is 0.362 e. The van der Waals surface area contributed by atoms with E-state index in [4.69, 9.17) is 0 Å². The van der Waals surface area contributed by atoms with Crippen LogP contribution in [0.4, 0.5) is 5.13 Å². The number of rotatable bonds is 6. The highest BCUT2D eigenvalue weighted by molar-refractivity contribution is 7.17. The van der Waals surface area contributed by atoms with Gasteiger partial charge in [-0.25, -0.2) is 19.9 Å². The van der Waals surface area contributed by atoms with Crippen molar-refractivity contribution in [3.63, 3.8) is 0 Å². The van der Waals surface area contributed by atoms with Gasteiger partial charge in [-0.15, -0.1) is 11.3 Å². The van der Waals surface area contributed by atoms with Gasteiger partial charge in [0.1, 0.15) is 4.88 Å². The van der Waals surface area contributed by atoms with Crippen LogP contribution in [0.1, 0.15) is 28.0 Å². The molecule has 7 nitrogen and oxygen atoms in total. The molecule has 124 valence electrons. The number of nitrogens with zero attached hydrogens (tertiary/aromatic N) is 4. The van der Waals surface area contributed by atoms with Gasteiger partial charge < -0.3 is 10.6 Å². The maximum atomic E-state index is 12.3. The Labute approximate surface area is 147 Å². The van der Waals surface area contributed by atoms with E-state index in [-0.39, 0.29) is 5.91 Å². The van der Waals surface area contributed by atoms with Crippen LogP contribution in [0.15, 0.2) is 23.8 Å². The Bertz CT molecular complexity index is 830. The summed E-state index contributed by atoms with van der Waals surface area (Å²) in [6.07, 6.45) is 3.36. The number of carbonyl (C=O) groups is 1. The number of aryl methyl sites for hydroxylation is 1. The fraction of sp³-hybridized carbons (Fsp3) is 0.267. The van der Waals surface area contributed by atoms with Crippen molar-refractivity contribution in [2.45, 2.75) is 20.4 Å². The molecule has 1 amide bonds. The number of anilines is 1. The van der Waals surface area contributed by atoms with Crippen LogP contribution in [0.5, 0.6) is 0 Å². The molecule has 0 fully saturated rings. The van der Waals surface area contributed by atoms with E-state index in [9.17, 15) is 4.79 Å². The van der Waals surface area contributed by atoms with Crippen molar-refractivity contribution in [1.29, 1.82) is 0 Å². The van der Waals surface area contributed by atoms with E-state index in [1.807, 2.05) is 19.2 Å². The predicted molar refractivity (Wildman–Crippen MR) is 95.3 cm³/mol. The first-order valence-corrected chi connectivity index (χ1v) is 9.08. The van der Waals surface area contributed by atoms with Gasteiger partial charge in [0, 0.05) is 24.3 Å². The van der Waals surface area contributed by atoms with Gasteiger partial charge in [0.25, 0.3) is 5.91 Å². The third-order valence-electron chi connectivity index (χ3n) is 3.07. The van der Waals surface area contributed by atoms with E-state index in [1.54, 1.807) is 18.5 Å². The van der Waals surface area contributed by atoms with Gasteiger partial charge in [-0.1, -0.05) is 11.3 Å². The lowest BCUT2D eigenvalue weighted by molar-refractivity contribution is 0.0953. The molecule has 0 unspecified atom stereocenters. The van der Waals surface area contributed by atoms with E-state index in [0.29, 0.717) is 17.2 Å². The van der Waals surface area contributed by atoms with Crippen LogP contribution in [0.25, 0.3) is 10.8 Å². The fourth-order valence-corrected chi connectivity index (χ4v) is 3.70. The topological polar surface area (TPSA) is 92.7 Å². The molecule has 3 heterocycles. The summed E-state index contributed by atoms with van der Waals surface area (Å²) in [4.78, 5) is 30.1. The molecule has 0 radical (unpaired) electrons. The minimum Gasteiger partial charge on any atom is -0.362 e. The molecule has 0 aromatic carbocycles. The Morgan fingerprint density at radius 1 is 1.25 bits per heavy atom. The molecular formula is C15H16N6OS2. The van der Waals surface area contributed by atoms with E-state index in [0.717, 1.165) is 28.1 Å². The van der Waals surface area contributed by atoms with Crippen molar-refractivity contribution in [3.05, 3.63) is 40.1 Å². The van der Waals surface area contributed by atoms with Crippen molar-refractivity contribution >= 4 is 33.7 Å². The van der Waals surface area contributed by atoms with E-state index in [2.05, 4.69) is 30.6 Å². The van der Waals surface area contributed by atoms with Gasteiger partial charge in [-0.3, -0.25) is 4.79 Å². The number of thiazole rings is 2. The summed E-state index contributed by atoms with van der Waals surface area (Å²) in [5.74, 6) is 0.452. The van der Waals surface area contributed by atoms with Crippen molar-refractivity contribution in [3.8, 4) is 10.8 Å².